The summed E-state index contributed by atoms with van der Waals surface area (Å²) in [6.07, 6.45) is 52.5. The highest BCUT2D eigenvalue weighted by Crippen LogP contribution is 2.17. The molecule has 3 unspecified atom stereocenters. The molecule has 0 saturated carbocycles. The average molecular weight is 818 g/mol. The van der Waals surface area contributed by atoms with E-state index in [1.54, 1.807) is 0 Å². The number of aliphatic hydroxyl groups excluding tert-OH is 2. The highest BCUT2D eigenvalue weighted by atomic mass is 16.5. The predicted octanol–water partition coefficient (Wildman–Crippen LogP) is 15.1. The highest BCUT2D eigenvalue weighted by molar-refractivity contribution is 5.77. The van der Waals surface area contributed by atoms with Gasteiger partial charge in [-0.05, 0) is 70.6 Å². The van der Waals surface area contributed by atoms with Crippen molar-refractivity contribution in [2.24, 2.45) is 0 Å². The van der Waals surface area contributed by atoms with Crippen LogP contribution in [0.4, 0.5) is 0 Å². The lowest BCUT2D eigenvalue weighted by Gasteiger charge is -2.24. The first-order valence-corrected chi connectivity index (χ1v) is 25.6. The van der Waals surface area contributed by atoms with E-state index in [1.807, 2.05) is 0 Å². The molecular formula is C52H99NO5. The molecule has 342 valence electrons. The Morgan fingerprint density at radius 2 is 0.845 bits per heavy atom. The molecule has 0 saturated heterocycles. The first-order valence-electron chi connectivity index (χ1n) is 25.6. The Morgan fingerprint density at radius 1 is 0.483 bits per heavy atom. The molecular weight excluding hydrogens is 719 g/mol. The molecule has 0 radical (unpaired) electrons. The summed E-state index contributed by atoms with van der Waals surface area (Å²) in [4.78, 5) is 26.1. The van der Waals surface area contributed by atoms with Gasteiger partial charge in [0.15, 0.2) is 0 Å². The number of hydrogen-bond acceptors (Lipinski definition) is 5. The molecule has 1 amide bonds. The fraction of sp³-hybridized carbons (Fsp3) is 0.885. The minimum Gasteiger partial charge on any atom is -0.462 e. The van der Waals surface area contributed by atoms with E-state index in [4.69, 9.17) is 4.74 Å². The molecule has 58 heavy (non-hydrogen) atoms. The third kappa shape index (κ3) is 41.1. The van der Waals surface area contributed by atoms with Gasteiger partial charge < -0.3 is 20.3 Å². The van der Waals surface area contributed by atoms with Crippen molar-refractivity contribution in [2.75, 3.05) is 6.61 Å². The Labute approximate surface area is 361 Å². The maximum Gasteiger partial charge on any atom is 0.306 e. The van der Waals surface area contributed by atoms with Gasteiger partial charge in [-0.15, -0.1) is 0 Å². The summed E-state index contributed by atoms with van der Waals surface area (Å²) in [6, 6.07) is -0.706. The molecule has 6 heteroatoms. The Bertz CT molecular complexity index is 919. The molecule has 0 aromatic carbocycles. The van der Waals surface area contributed by atoms with Crippen LogP contribution < -0.4 is 5.32 Å². The van der Waals surface area contributed by atoms with E-state index < -0.39 is 18.2 Å². The highest BCUT2D eigenvalue weighted by Gasteiger charge is 2.24. The van der Waals surface area contributed by atoms with Gasteiger partial charge in [0, 0.05) is 6.42 Å². The number of amides is 1. The van der Waals surface area contributed by atoms with Crippen LogP contribution in [0, 0.1) is 0 Å². The normalized spacial score (nSPS) is 13.4. The van der Waals surface area contributed by atoms with Crippen molar-refractivity contribution in [3.05, 3.63) is 24.3 Å². The number of rotatable bonds is 46. The predicted molar refractivity (Wildman–Crippen MR) is 250 cm³/mol. The van der Waals surface area contributed by atoms with Crippen molar-refractivity contribution in [3.8, 4) is 0 Å². The van der Waals surface area contributed by atoms with Crippen LogP contribution >= 0.6 is 0 Å². The smallest absolute Gasteiger partial charge is 0.306 e. The van der Waals surface area contributed by atoms with Crippen molar-refractivity contribution in [1.82, 2.24) is 5.32 Å². The van der Waals surface area contributed by atoms with E-state index in [1.165, 1.54) is 161 Å². The number of ether oxygens (including phenoxy) is 1. The maximum absolute atomic E-state index is 13.1. The molecule has 0 aromatic rings. The number of carbonyl (C=O) groups is 2. The van der Waals surface area contributed by atoms with Crippen molar-refractivity contribution in [2.45, 2.75) is 289 Å². The summed E-state index contributed by atoms with van der Waals surface area (Å²) >= 11 is 0. The number of unbranched alkanes of at least 4 members (excludes halogenated alkanes) is 30. The lowest BCUT2D eigenvalue weighted by atomic mass is 10.0. The van der Waals surface area contributed by atoms with Gasteiger partial charge in [-0.25, -0.2) is 0 Å². The van der Waals surface area contributed by atoms with Crippen molar-refractivity contribution < 1.29 is 24.5 Å². The van der Waals surface area contributed by atoms with Crippen LogP contribution in [0.3, 0.4) is 0 Å². The molecule has 0 aliphatic carbocycles. The van der Waals surface area contributed by atoms with Gasteiger partial charge in [-0.1, -0.05) is 212 Å². The van der Waals surface area contributed by atoms with Gasteiger partial charge in [0.2, 0.25) is 5.91 Å². The lowest BCUT2D eigenvalue weighted by molar-refractivity contribution is -0.151. The molecule has 6 nitrogen and oxygen atoms in total. The van der Waals surface area contributed by atoms with Crippen LogP contribution in [0.25, 0.3) is 0 Å². The molecule has 0 rings (SSSR count). The molecule has 0 heterocycles. The van der Waals surface area contributed by atoms with Gasteiger partial charge in [0.25, 0.3) is 0 Å². The zero-order valence-electron chi connectivity index (χ0n) is 38.9. The van der Waals surface area contributed by atoms with Gasteiger partial charge >= 0.3 is 5.97 Å². The van der Waals surface area contributed by atoms with E-state index in [0.29, 0.717) is 19.3 Å². The third-order valence-electron chi connectivity index (χ3n) is 11.8. The van der Waals surface area contributed by atoms with Crippen LogP contribution in [-0.4, -0.2) is 46.9 Å². The number of nitrogens with one attached hydrogen (secondary N) is 1. The molecule has 0 fully saturated rings. The fourth-order valence-electron chi connectivity index (χ4n) is 7.84. The van der Waals surface area contributed by atoms with Crippen molar-refractivity contribution in [1.29, 1.82) is 0 Å². The second-order valence-electron chi connectivity index (χ2n) is 17.6. The molecule has 3 N–H and O–H groups in total. The van der Waals surface area contributed by atoms with E-state index in [0.717, 1.165) is 64.2 Å². The standard InChI is InChI=1S/C52H99NO5/c1-4-7-10-13-16-19-21-23-24-25-26-27-28-30-33-36-39-42-45-52(57)58-48(43-40-37-34-32-29-22-20-17-14-11-8-5-2)46-51(56)53-49(47-54)50(55)44-41-38-35-31-18-15-12-9-6-3/h26-27,32,34,48-50,54-55H,4-25,28-31,33,35-47H2,1-3H3,(H,53,56)/b27-26+,34-32-. The van der Waals surface area contributed by atoms with E-state index in [9.17, 15) is 19.8 Å². The lowest BCUT2D eigenvalue weighted by Crippen LogP contribution is -2.46. The number of allylic oxidation sites excluding steroid dienone is 4. The second-order valence-corrected chi connectivity index (χ2v) is 17.6. The number of carbonyl (C=O) groups excluding carboxylic acids is 2. The number of esters is 1. The molecule has 0 spiro atoms. The van der Waals surface area contributed by atoms with E-state index in [-0.39, 0.29) is 24.9 Å². The van der Waals surface area contributed by atoms with Crippen LogP contribution in [0.15, 0.2) is 24.3 Å². The van der Waals surface area contributed by atoms with Gasteiger partial charge in [-0.2, -0.15) is 0 Å². The van der Waals surface area contributed by atoms with Crippen LogP contribution in [-0.2, 0) is 14.3 Å². The number of hydrogen-bond donors (Lipinski definition) is 3. The first kappa shape index (κ1) is 56.3. The largest absolute Gasteiger partial charge is 0.462 e. The average Bonchev–Trinajstić information content (AvgIpc) is 3.22. The quantitative estimate of drug-likeness (QED) is 0.0323. The summed E-state index contributed by atoms with van der Waals surface area (Å²) < 4.78 is 5.91. The summed E-state index contributed by atoms with van der Waals surface area (Å²) in [5.74, 6) is -0.504. The SMILES string of the molecule is CCCCCCCCC/C=C\CCCC(CC(=O)NC(CO)C(O)CCCCCCCCCCC)OC(=O)CCCCCCC/C=C/CCCCCCCCCCC. The Hall–Kier alpha value is -1.66. The monoisotopic (exact) mass is 818 g/mol. The Morgan fingerprint density at radius 3 is 1.26 bits per heavy atom. The topological polar surface area (TPSA) is 95.9 Å². The van der Waals surface area contributed by atoms with Gasteiger partial charge in [0.05, 0.1) is 25.2 Å². The molecule has 0 aromatic heterocycles. The van der Waals surface area contributed by atoms with Crippen LogP contribution in [0.2, 0.25) is 0 Å². The van der Waals surface area contributed by atoms with Gasteiger partial charge in [0.1, 0.15) is 6.10 Å². The zero-order chi connectivity index (χ0) is 42.4. The molecule has 3 atom stereocenters. The minimum atomic E-state index is -0.790. The molecule has 0 bridgehead atoms. The second kappa shape index (κ2) is 46.4. The Kier molecular flexibility index (Phi) is 45.1. The molecule has 0 aliphatic rings. The summed E-state index contributed by atoms with van der Waals surface area (Å²) in [6.45, 7) is 6.46. The van der Waals surface area contributed by atoms with Crippen molar-refractivity contribution >= 4 is 11.9 Å². The molecule has 0 aliphatic heterocycles. The van der Waals surface area contributed by atoms with Gasteiger partial charge in [-0.3, -0.25) is 9.59 Å². The Balaban J connectivity index is 4.53. The third-order valence-corrected chi connectivity index (χ3v) is 11.8. The zero-order valence-corrected chi connectivity index (χ0v) is 38.9. The van der Waals surface area contributed by atoms with Crippen LogP contribution in [0.5, 0.6) is 0 Å². The first-order chi connectivity index (χ1) is 28.5. The summed E-state index contributed by atoms with van der Waals surface area (Å²) in [7, 11) is 0. The van der Waals surface area contributed by atoms with Crippen LogP contribution in [0.1, 0.15) is 271 Å². The summed E-state index contributed by atoms with van der Waals surface area (Å²) in [5, 5.41) is 23.6. The van der Waals surface area contributed by atoms with E-state index >= 15 is 0 Å². The maximum atomic E-state index is 13.1. The minimum absolute atomic E-state index is 0.0569. The number of aliphatic hydroxyl groups is 2. The van der Waals surface area contributed by atoms with E-state index in [2.05, 4.69) is 50.4 Å². The van der Waals surface area contributed by atoms with Crippen molar-refractivity contribution in [3.63, 3.8) is 0 Å². The fourth-order valence-corrected chi connectivity index (χ4v) is 7.84. The summed E-state index contributed by atoms with van der Waals surface area (Å²) in [5.41, 5.74) is 0.